The van der Waals surface area contributed by atoms with E-state index in [0.717, 1.165) is 43.7 Å². The monoisotopic (exact) mass is 420 g/mol. The number of β-amino-alcohol motifs (C(OH)–C–C–N with tert-alkyl or cyclic N) is 1. The summed E-state index contributed by atoms with van der Waals surface area (Å²) in [6.07, 6.45) is 3.77. The third kappa shape index (κ3) is 4.67. The Morgan fingerprint density at radius 2 is 1.76 bits per heavy atom. The van der Waals surface area contributed by atoms with E-state index in [2.05, 4.69) is 42.7 Å². The SMILES string of the molecule is CC1(C)[C@H]2CC[C@](C)(C2)[C@H]1OC[C@@H](O)CN1CCN(Cc2ccc(Cl)cc2)CC1. The molecule has 1 aromatic carbocycles. The van der Waals surface area contributed by atoms with Crippen molar-refractivity contribution in [2.45, 2.75) is 58.8 Å². The van der Waals surface area contributed by atoms with Crippen LogP contribution < -0.4 is 0 Å². The number of fused-ring (bicyclic) bond motifs is 2. The number of nitrogens with zero attached hydrogens (tertiary/aromatic N) is 2. The molecule has 2 bridgehead atoms. The largest absolute Gasteiger partial charge is 0.389 e. The van der Waals surface area contributed by atoms with Crippen LogP contribution in [-0.2, 0) is 11.3 Å². The van der Waals surface area contributed by atoms with E-state index in [9.17, 15) is 5.11 Å². The van der Waals surface area contributed by atoms with Crippen LogP contribution in [0.15, 0.2) is 24.3 Å². The molecule has 29 heavy (non-hydrogen) atoms. The van der Waals surface area contributed by atoms with Gasteiger partial charge in [-0.3, -0.25) is 9.80 Å². The molecule has 0 aromatic heterocycles. The first-order chi connectivity index (χ1) is 13.8. The van der Waals surface area contributed by atoms with Crippen LogP contribution in [0, 0.1) is 16.7 Å². The highest BCUT2D eigenvalue weighted by atomic mass is 35.5. The Hall–Kier alpha value is -0.650. The maximum absolute atomic E-state index is 10.6. The zero-order chi connectivity index (χ0) is 20.6. The molecule has 0 unspecified atom stereocenters. The number of rotatable bonds is 7. The summed E-state index contributed by atoms with van der Waals surface area (Å²) in [5, 5.41) is 11.4. The van der Waals surface area contributed by atoms with Gasteiger partial charge in [0.25, 0.3) is 0 Å². The lowest BCUT2D eigenvalue weighted by molar-refractivity contribution is -0.114. The van der Waals surface area contributed by atoms with Crippen molar-refractivity contribution in [2.24, 2.45) is 16.7 Å². The minimum absolute atomic E-state index is 0.236. The fourth-order valence-corrected chi connectivity index (χ4v) is 6.33. The van der Waals surface area contributed by atoms with Gasteiger partial charge in [0.2, 0.25) is 0 Å². The number of ether oxygens (including phenoxy) is 1. The molecule has 1 aliphatic heterocycles. The smallest absolute Gasteiger partial charge is 0.0900 e. The lowest BCUT2D eigenvalue weighted by atomic mass is 9.70. The molecule has 4 rings (SSSR count). The Balaban J connectivity index is 1.19. The van der Waals surface area contributed by atoms with Crippen molar-refractivity contribution in [3.63, 3.8) is 0 Å². The van der Waals surface area contributed by atoms with Gasteiger partial charge >= 0.3 is 0 Å². The molecule has 1 saturated heterocycles. The molecule has 2 saturated carbocycles. The molecule has 162 valence electrons. The predicted octanol–water partition coefficient (Wildman–Crippen LogP) is 4.05. The van der Waals surface area contributed by atoms with Gasteiger partial charge in [-0.1, -0.05) is 44.5 Å². The number of halogens is 1. The van der Waals surface area contributed by atoms with Crippen molar-refractivity contribution >= 4 is 11.6 Å². The third-order valence-electron chi connectivity index (χ3n) is 7.85. The molecule has 1 N–H and O–H groups in total. The van der Waals surface area contributed by atoms with Gasteiger partial charge in [-0.15, -0.1) is 0 Å². The minimum atomic E-state index is -0.406. The van der Waals surface area contributed by atoms with Gasteiger partial charge in [0.05, 0.1) is 18.8 Å². The summed E-state index contributed by atoms with van der Waals surface area (Å²) in [4.78, 5) is 4.85. The van der Waals surface area contributed by atoms with E-state index in [0.29, 0.717) is 18.6 Å². The van der Waals surface area contributed by atoms with Gasteiger partial charge < -0.3 is 9.84 Å². The standard InChI is InChI=1S/C24H37ClN2O2/c1-23(2)19-8-9-24(3,14-19)22(23)29-17-21(28)16-27-12-10-26(11-13-27)15-18-4-6-20(25)7-5-18/h4-7,19,21-22,28H,8-17H2,1-3H3/t19-,21-,22-,24+/m0/s1. The van der Waals surface area contributed by atoms with Crippen LogP contribution >= 0.6 is 11.6 Å². The summed E-state index contributed by atoms with van der Waals surface area (Å²) in [6.45, 7) is 13.3. The summed E-state index contributed by atoms with van der Waals surface area (Å²) in [5.74, 6) is 0.781. The predicted molar refractivity (Wildman–Crippen MR) is 118 cm³/mol. The van der Waals surface area contributed by atoms with Crippen molar-refractivity contribution in [3.8, 4) is 0 Å². The van der Waals surface area contributed by atoms with Crippen LogP contribution in [0.2, 0.25) is 5.02 Å². The summed E-state index contributed by atoms with van der Waals surface area (Å²) in [5.41, 5.74) is 1.85. The Morgan fingerprint density at radius 3 is 2.38 bits per heavy atom. The normalized spacial score (nSPS) is 33.3. The van der Waals surface area contributed by atoms with E-state index in [4.69, 9.17) is 16.3 Å². The van der Waals surface area contributed by atoms with Crippen LogP contribution in [0.3, 0.4) is 0 Å². The number of aliphatic hydroxyl groups excluding tert-OH is 1. The van der Waals surface area contributed by atoms with E-state index in [-0.39, 0.29) is 11.5 Å². The maximum Gasteiger partial charge on any atom is 0.0900 e. The van der Waals surface area contributed by atoms with Crippen molar-refractivity contribution in [3.05, 3.63) is 34.9 Å². The van der Waals surface area contributed by atoms with Crippen LogP contribution in [0.1, 0.15) is 45.6 Å². The molecule has 0 radical (unpaired) electrons. The van der Waals surface area contributed by atoms with Crippen molar-refractivity contribution in [2.75, 3.05) is 39.3 Å². The van der Waals surface area contributed by atoms with Crippen LogP contribution in [0.4, 0.5) is 0 Å². The van der Waals surface area contributed by atoms with Gasteiger partial charge in [0.15, 0.2) is 0 Å². The molecular weight excluding hydrogens is 384 g/mol. The molecule has 4 atom stereocenters. The number of piperazine rings is 1. The van der Waals surface area contributed by atoms with Crippen molar-refractivity contribution < 1.29 is 9.84 Å². The molecule has 1 heterocycles. The topological polar surface area (TPSA) is 35.9 Å². The van der Waals surface area contributed by atoms with E-state index >= 15 is 0 Å². The Bertz CT molecular complexity index is 682. The van der Waals surface area contributed by atoms with Gasteiger partial charge in [-0.2, -0.15) is 0 Å². The molecular formula is C24H37ClN2O2. The van der Waals surface area contributed by atoms with Crippen molar-refractivity contribution in [1.82, 2.24) is 9.80 Å². The second-order valence-corrected chi connectivity index (χ2v) is 10.9. The summed E-state index contributed by atoms with van der Waals surface area (Å²) < 4.78 is 6.37. The van der Waals surface area contributed by atoms with Gasteiger partial charge in [-0.25, -0.2) is 0 Å². The van der Waals surface area contributed by atoms with E-state index in [1.165, 1.54) is 24.8 Å². The van der Waals surface area contributed by atoms with Gasteiger partial charge in [-0.05, 0) is 53.7 Å². The van der Waals surface area contributed by atoms with Crippen molar-refractivity contribution in [1.29, 1.82) is 0 Å². The highest BCUT2D eigenvalue weighted by molar-refractivity contribution is 6.30. The zero-order valence-corrected chi connectivity index (χ0v) is 19.0. The second-order valence-electron chi connectivity index (χ2n) is 10.5. The number of hydrogen-bond donors (Lipinski definition) is 1. The fourth-order valence-electron chi connectivity index (χ4n) is 6.21. The first-order valence-corrected chi connectivity index (χ1v) is 11.6. The van der Waals surface area contributed by atoms with E-state index in [1.54, 1.807) is 0 Å². The Labute approximate surface area is 181 Å². The first kappa shape index (κ1) is 21.6. The molecule has 5 heteroatoms. The van der Waals surface area contributed by atoms with Crippen LogP contribution in [0.5, 0.6) is 0 Å². The lowest BCUT2D eigenvalue weighted by Gasteiger charge is -2.43. The minimum Gasteiger partial charge on any atom is -0.389 e. The highest BCUT2D eigenvalue weighted by Crippen LogP contribution is 2.63. The molecule has 3 aliphatic rings. The third-order valence-corrected chi connectivity index (χ3v) is 8.10. The number of benzene rings is 1. The summed E-state index contributed by atoms with van der Waals surface area (Å²) in [7, 11) is 0. The quantitative estimate of drug-likeness (QED) is 0.721. The van der Waals surface area contributed by atoms with Crippen LogP contribution in [0.25, 0.3) is 0 Å². The highest BCUT2D eigenvalue weighted by Gasteiger charge is 2.60. The lowest BCUT2D eigenvalue weighted by Crippen LogP contribution is -2.49. The summed E-state index contributed by atoms with van der Waals surface area (Å²) >= 11 is 5.98. The molecule has 4 nitrogen and oxygen atoms in total. The van der Waals surface area contributed by atoms with Gasteiger partial charge in [0, 0.05) is 44.3 Å². The van der Waals surface area contributed by atoms with Gasteiger partial charge in [0.1, 0.15) is 0 Å². The molecule has 1 aromatic rings. The Kier molecular flexibility index (Phi) is 6.30. The number of aliphatic hydroxyl groups is 1. The average Bonchev–Trinajstić information content (AvgIpc) is 3.16. The molecule has 2 aliphatic carbocycles. The zero-order valence-electron chi connectivity index (χ0n) is 18.2. The Morgan fingerprint density at radius 1 is 1.10 bits per heavy atom. The van der Waals surface area contributed by atoms with Crippen LogP contribution in [-0.4, -0.2) is 66.4 Å². The molecule has 0 amide bonds. The second kappa shape index (κ2) is 8.47. The van der Waals surface area contributed by atoms with E-state index in [1.807, 2.05) is 12.1 Å². The van der Waals surface area contributed by atoms with E-state index < -0.39 is 6.10 Å². The number of hydrogen-bond acceptors (Lipinski definition) is 4. The maximum atomic E-state index is 10.6. The molecule has 0 spiro atoms. The summed E-state index contributed by atoms with van der Waals surface area (Å²) in [6, 6.07) is 8.13. The molecule has 3 fully saturated rings. The fraction of sp³-hybridized carbons (Fsp3) is 0.750. The first-order valence-electron chi connectivity index (χ1n) is 11.2. The average molecular weight is 421 g/mol.